The molecule has 30 heavy (non-hydrogen) atoms. The van der Waals surface area contributed by atoms with E-state index < -0.39 is 0 Å². The van der Waals surface area contributed by atoms with Crippen LogP contribution in [-0.2, 0) is 0 Å². The second-order valence-corrected chi connectivity index (χ2v) is 7.39. The predicted octanol–water partition coefficient (Wildman–Crippen LogP) is 5.97. The second kappa shape index (κ2) is 10.5. The summed E-state index contributed by atoms with van der Waals surface area (Å²) in [4.78, 5) is 21.7. The molecule has 156 valence electrons. The van der Waals surface area contributed by atoms with Crippen molar-refractivity contribution in [2.45, 2.75) is 46.5 Å². The Hall–Kier alpha value is -3.21. The maximum Gasteiger partial charge on any atom is 0.343 e. The first-order valence-corrected chi connectivity index (χ1v) is 10.5. The zero-order valence-electron chi connectivity index (χ0n) is 17.9. The quantitative estimate of drug-likeness (QED) is 0.271. The standard InChI is InChI=1S/C25H29N3O2/c1-4-5-6-10-16-26-22-15-17-27-24(28-22)21-14-13-18(2)23(19(21)3)30-25(29)20-11-8-7-9-12-20/h7-9,11-15,17H,4-6,10,16H2,1-3H3,(H,26,27,28). The van der Waals surface area contributed by atoms with Gasteiger partial charge in [-0.1, -0.05) is 56.5 Å². The highest BCUT2D eigenvalue weighted by atomic mass is 16.5. The molecular formula is C25H29N3O2. The molecule has 3 aromatic rings. The fraction of sp³-hybridized carbons (Fsp3) is 0.320. The third kappa shape index (κ3) is 5.44. The Morgan fingerprint density at radius 3 is 2.57 bits per heavy atom. The number of ether oxygens (including phenoxy) is 1. The fourth-order valence-electron chi connectivity index (χ4n) is 3.31. The van der Waals surface area contributed by atoms with Crippen molar-refractivity contribution >= 4 is 11.8 Å². The van der Waals surface area contributed by atoms with E-state index in [-0.39, 0.29) is 5.97 Å². The highest BCUT2D eigenvalue weighted by Gasteiger charge is 2.16. The van der Waals surface area contributed by atoms with Gasteiger partial charge in [-0.25, -0.2) is 14.8 Å². The van der Waals surface area contributed by atoms with Crippen LogP contribution in [-0.4, -0.2) is 22.5 Å². The number of rotatable bonds is 9. The highest BCUT2D eigenvalue weighted by Crippen LogP contribution is 2.32. The van der Waals surface area contributed by atoms with Crippen LogP contribution in [0.15, 0.2) is 54.7 Å². The molecule has 0 atom stereocenters. The van der Waals surface area contributed by atoms with Crippen LogP contribution in [0.3, 0.4) is 0 Å². The lowest BCUT2D eigenvalue weighted by Crippen LogP contribution is -2.10. The summed E-state index contributed by atoms with van der Waals surface area (Å²) in [6.45, 7) is 6.96. The maximum atomic E-state index is 12.6. The number of benzene rings is 2. The van der Waals surface area contributed by atoms with E-state index in [0.717, 1.165) is 35.5 Å². The van der Waals surface area contributed by atoms with Crippen LogP contribution in [0.25, 0.3) is 11.4 Å². The number of aromatic nitrogens is 2. The molecule has 5 heteroatoms. The van der Waals surface area contributed by atoms with Crippen LogP contribution < -0.4 is 10.1 Å². The Balaban J connectivity index is 1.79. The van der Waals surface area contributed by atoms with E-state index in [2.05, 4.69) is 22.2 Å². The molecule has 0 spiro atoms. The van der Waals surface area contributed by atoms with E-state index in [1.165, 1.54) is 19.3 Å². The zero-order valence-corrected chi connectivity index (χ0v) is 17.9. The lowest BCUT2D eigenvalue weighted by molar-refractivity contribution is 0.0732. The number of unbranched alkanes of at least 4 members (excludes halogenated alkanes) is 3. The van der Waals surface area contributed by atoms with Gasteiger partial charge in [0.15, 0.2) is 5.82 Å². The molecule has 0 saturated heterocycles. The Bertz CT molecular complexity index is 987. The zero-order chi connectivity index (χ0) is 21.3. The molecule has 5 nitrogen and oxygen atoms in total. The lowest BCUT2D eigenvalue weighted by atomic mass is 10.0. The lowest BCUT2D eigenvalue weighted by Gasteiger charge is -2.14. The van der Waals surface area contributed by atoms with Crippen molar-refractivity contribution in [3.8, 4) is 17.1 Å². The average molecular weight is 404 g/mol. The molecule has 1 N–H and O–H groups in total. The molecule has 0 unspecified atom stereocenters. The first-order valence-electron chi connectivity index (χ1n) is 10.5. The smallest absolute Gasteiger partial charge is 0.343 e. The van der Waals surface area contributed by atoms with Gasteiger partial charge in [-0.05, 0) is 44.0 Å². The number of hydrogen-bond acceptors (Lipinski definition) is 5. The monoisotopic (exact) mass is 403 g/mol. The second-order valence-electron chi connectivity index (χ2n) is 7.39. The van der Waals surface area contributed by atoms with Crippen LogP contribution in [0.1, 0.15) is 54.1 Å². The van der Waals surface area contributed by atoms with Crippen LogP contribution in [0, 0.1) is 13.8 Å². The molecule has 0 radical (unpaired) electrons. The molecular weight excluding hydrogens is 374 g/mol. The van der Waals surface area contributed by atoms with E-state index in [0.29, 0.717) is 17.1 Å². The molecule has 0 aliphatic carbocycles. The number of nitrogens with zero attached hydrogens (tertiary/aromatic N) is 2. The summed E-state index contributed by atoms with van der Waals surface area (Å²) >= 11 is 0. The summed E-state index contributed by atoms with van der Waals surface area (Å²) in [6.07, 6.45) is 6.57. The summed E-state index contributed by atoms with van der Waals surface area (Å²) in [6, 6.07) is 14.8. The van der Waals surface area contributed by atoms with Gasteiger partial charge in [-0.2, -0.15) is 0 Å². The third-order valence-corrected chi connectivity index (χ3v) is 5.04. The van der Waals surface area contributed by atoms with Crippen molar-refractivity contribution in [1.29, 1.82) is 0 Å². The number of anilines is 1. The summed E-state index contributed by atoms with van der Waals surface area (Å²) in [5, 5.41) is 3.38. The first kappa shape index (κ1) is 21.5. The Morgan fingerprint density at radius 1 is 1.00 bits per heavy atom. The van der Waals surface area contributed by atoms with Crippen LogP contribution >= 0.6 is 0 Å². The first-order chi connectivity index (χ1) is 14.6. The van der Waals surface area contributed by atoms with E-state index in [4.69, 9.17) is 4.74 Å². The van der Waals surface area contributed by atoms with E-state index in [9.17, 15) is 4.79 Å². The van der Waals surface area contributed by atoms with Crippen molar-refractivity contribution in [2.24, 2.45) is 0 Å². The van der Waals surface area contributed by atoms with Crippen LogP contribution in [0.4, 0.5) is 5.82 Å². The molecule has 0 amide bonds. The maximum absolute atomic E-state index is 12.6. The number of carbonyl (C=O) groups is 1. The number of nitrogens with one attached hydrogen (secondary N) is 1. The van der Waals surface area contributed by atoms with Crippen LogP contribution in [0.2, 0.25) is 0 Å². The SMILES string of the molecule is CCCCCCNc1ccnc(-c2ccc(C)c(OC(=O)c3ccccc3)c2C)n1. The predicted molar refractivity (Wildman–Crippen MR) is 121 cm³/mol. The Labute approximate surface area is 178 Å². The van der Waals surface area contributed by atoms with Crippen molar-refractivity contribution < 1.29 is 9.53 Å². The number of hydrogen-bond donors (Lipinski definition) is 1. The van der Waals surface area contributed by atoms with Gasteiger partial charge in [-0.15, -0.1) is 0 Å². The van der Waals surface area contributed by atoms with Gasteiger partial charge in [-0.3, -0.25) is 0 Å². The number of aryl methyl sites for hydroxylation is 1. The molecule has 0 fully saturated rings. The largest absolute Gasteiger partial charge is 0.422 e. The van der Waals surface area contributed by atoms with E-state index in [1.807, 2.05) is 50.2 Å². The molecule has 0 aliphatic heterocycles. The third-order valence-electron chi connectivity index (χ3n) is 5.04. The van der Waals surface area contributed by atoms with Crippen molar-refractivity contribution in [3.05, 3.63) is 71.4 Å². The molecule has 0 saturated carbocycles. The summed E-state index contributed by atoms with van der Waals surface area (Å²) < 4.78 is 5.75. The van der Waals surface area contributed by atoms with Gasteiger partial charge in [0, 0.05) is 23.9 Å². The van der Waals surface area contributed by atoms with Crippen LogP contribution in [0.5, 0.6) is 5.75 Å². The molecule has 1 heterocycles. The Kier molecular flexibility index (Phi) is 7.55. The number of carbonyl (C=O) groups excluding carboxylic acids is 1. The van der Waals surface area contributed by atoms with E-state index in [1.54, 1.807) is 18.3 Å². The van der Waals surface area contributed by atoms with Crippen molar-refractivity contribution in [3.63, 3.8) is 0 Å². The minimum Gasteiger partial charge on any atom is -0.422 e. The number of esters is 1. The minimum absolute atomic E-state index is 0.373. The van der Waals surface area contributed by atoms with Gasteiger partial charge in [0.2, 0.25) is 0 Å². The van der Waals surface area contributed by atoms with Gasteiger partial charge in [0.25, 0.3) is 0 Å². The molecule has 2 aromatic carbocycles. The molecule has 1 aromatic heterocycles. The van der Waals surface area contributed by atoms with Gasteiger partial charge in [0.05, 0.1) is 5.56 Å². The van der Waals surface area contributed by atoms with Crippen molar-refractivity contribution in [2.75, 3.05) is 11.9 Å². The fourth-order valence-corrected chi connectivity index (χ4v) is 3.31. The van der Waals surface area contributed by atoms with Gasteiger partial charge >= 0.3 is 5.97 Å². The molecule has 3 rings (SSSR count). The topological polar surface area (TPSA) is 64.1 Å². The van der Waals surface area contributed by atoms with Gasteiger partial charge < -0.3 is 10.1 Å². The highest BCUT2D eigenvalue weighted by molar-refractivity contribution is 5.91. The minimum atomic E-state index is -0.373. The summed E-state index contributed by atoms with van der Waals surface area (Å²) in [5.74, 6) is 1.60. The average Bonchev–Trinajstić information content (AvgIpc) is 2.77. The summed E-state index contributed by atoms with van der Waals surface area (Å²) in [5.41, 5.74) is 3.11. The Morgan fingerprint density at radius 2 is 1.80 bits per heavy atom. The van der Waals surface area contributed by atoms with Crippen molar-refractivity contribution in [1.82, 2.24) is 9.97 Å². The molecule has 0 aliphatic rings. The van der Waals surface area contributed by atoms with E-state index >= 15 is 0 Å². The van der Waals surface area contributed by atoms with Gasteiger partial charge in [0.1, 0.15) is 11.6 Å². The molecule has 0 bridgehead atoms. The summed E-state index contributed by atoms with van der Waals surface area (Å²) in [7, 11) is 0. The normalized spacial score (nSPS) is 10.6.